The summed E-state index contributed by atoms with van der Waals surface area (Å²) in [6.07, 6.45) is -3.60. The molecule has 3 N–H and O–H groups in total. The average molecular weight is 639 g/mol. The van der Waals surface area contributed by atoms with Gasteiger partial charge in [-0.2, -0.15) is 17.6 Å². The van der Waals surface area contributed by atoms with Gasteiger partial charge in [-0.05, 0) is 51.0 Å². The zero-order valence-electron chi connectivity index (χ0n) is 24.1. The molecule has 2 saturated carbocycles. The summed E-state index contributed by atoms with van der Waals surface area (Å²) in [5.41, 5.74) is 0. The SMILES string of the molecule is CCOC(=O)/C(F)=C\[C@H](C[C@H]1CCNC1=O)NC(=O)[C@@H]1[C@H]2CC[C@H](CC2(F)F)N1C(=O)[C@H](CC1CCC1)NC(=O)C(F)(F)F. The lowest BCUT2D eigenvalue weighted by Gasteiger charge is -2.54. The molecule has 2 bridgehead atoms. The molecule has 246 valence electrons. The molecule has 0 aromatic heterocycles. The highest BCUT2D eigenvalue weighted by Gasteiger charge is 2.61. The standard InChI is InChI=1S/C28H36F6N4O6/c1-2-44-25(42)19(29)12-16(11-15-8-9-35-22(15)39)36-23(40)21-18-7-6-17(13-27(18,30)31)38(21)24(41)20(10-14-4-3-5-14)37-26(43)28(32,33)34/h12,14-18,20-21H,2-11,13H2,1H3,(H,35,39)(H,36,40)(H,37,43)/b19-12+/t15-,16+,17-,18-,20+,21+/m1/s1. The number of nitrogens with zero attached hydrogens (tertiary/aromatic N) is 1. The summed E-state index contributed by atoms with van der Waals surface area (Å²) in [5.74, 6) is -13.7. The fraction of sp³-hybridized carbons (Fsp3) is 0.750. The summed E-state index contributed by atoms with van der Waals surface area (Å²) in [6, 6.07) is -6.15. The summed E-state index contributed by atoms with van der Waals surface area (Å²) in [7, 11) is 0. The van der Waals surface area contributed by atoms with Crippen molar-refractivity contribution in [3.63, 3.8) is 0 Å². The summed E-state index contributed by atoms with van der Waals surface area (Å²) >= 11 is 0. The van der Waals surface area contributed by atoms with Crippen LogP contribution in [0.4, 0.5) is 26.3 Å². The van der Waals surface area contributed by atoms with E-state index in [9.17, 15) is 41.5 Å². The van der Waals surface area contributed by atoms with Crippen LogP contribution in [0.5, 0.6) is 0 Å². The van der Waals surface area contributed by atoms with Crippen LogP contribution in [0.25, 0.3) is 0 Å². The van der Waals surface area contributed by atoms with Gasteiger partial charge in [0.2, 0.25) is 23.5 Å². The highest BCUT2D eigenvalue weighted by Crippen LogP contribution is 2.49. The van der Waals surface area contributed by atoms with Crippen molar-refractivity contribution >= 4 is 29.6 Å². The number of carbonyl (C=O) groups excluding carboxylic acids is 5. The second-order valence-corrected chi connectivity index (χ2v) is 11.9. The number of hydrogen-bond acceptors (Lipinski definition) is 6. The van der Waals surface area contributed by atoms with Gasteiger partial charge in [-0.15, -0.1) is 0 Å². The molecule has 5 rings (SSSR count). The molecular weight excluding hydrogens is 602 g/mol. The van der Waals surface area contributed by atoms with Crippen molar-refractivity contribution in [2.75, 3.05) is 13.2 Å². The summed E-state index contributed by atoms with van der Waals surface area (Å²) in [6.45, 7) is 1.58. The molecule has 2 aliphatic carbocycles. The molecule has 0 spiro atoms. The fourth-order valence-corrected chi connectivity index (χ4v) is 6.59. The topological polar surface area (TPSA) is 134 Å². The number of esters is 1. The fourth-order valence-electron chi connectivity index (χ4n) is 6.59. The maximum Gasteiger partial charge on any atom is 0.471 e. The van der Waals surface area contributed by atoms with E-state index in [2.05, 4.69) is 15.4 Å². The van der Waals surface area contributed by atoms with Crippen LogP contribution in [0.15, 0.2) is 11.9 Å². The molecule has 44 heavy (non-hydrogen) atoms. The number of carbonyl (C=O) groups is 5. The lowest BCUT2D eigenvalue weighted by molar-refractivity contribution is -0.196. The largest absolute Gasteiger partial charge is 0.471 e. The van der Waals surface area contributed by atoms with Crippen molar-refractivity contribution < 1.29 is 55.1 Å². The first kappa shape index (κ1) is 33.6. The van der Waals surface area contributed by atoms with Gasteiger partial charge in [-0.3, -0.25) is 19.2 Å². The van der Waals surface area contributed by atoms with E-state index >= 15 is 8.78 Å². The molecule has 3 aliphatic heterocycles. The van der Waals surface area contributed by atoms with E-state index in [-0.39, 0.29) is 38.2 Å². The highest BCUT2D eigenvalue weighted by molar-refractivity contribution is 5.94. The van der Waals surface area contributed by atoms with Crippen LogP contribution in [-0.2, 0) is 28.7 Å². The normalized spacial score (nSPS) is 28.0. The second-order valence-electron chi connectivity index (χ2n) is 11.9. The first-order valence-electron chi connectivity index (χ1n) is 14.8. The second kappa shape index (κ2) is 13.3. The Morgan fingerprint density at radius 2 is 1.80 bits per heavy atom. The quantitative estimate of drug-likeness (QED) is 0.181. The van der Waals surface area contributed by atoms with E-state index in [0.717, 1.165) is 11.3 Å². The minimum absolute atomic E-state index is 0.0577. The Labute approximate surface area is 249 Å². The number of rotatable bonds is 11. The number of fused-ring (bicyclic) bond motifs is 3. The molecule has 0 unspecified atom stereocenters. The van der Waals surface area contributed by atoms with Crippen LogP contribution in [0.3, 0.4) is 0 Å². The first-order chi connectivity index (χ1) is 20.6. The Hall–Kier alpha value is -3.33. The Kier molecular flexibility index (Phi) is 10.2. The molecule has 16 heteroatoms. The number of nitrogens with one attached hydrogen (secondary N) is 3. The Balaban J connectivity index is 1.64. The lowest BCUT2D eigenvalue weighted by atomic mass is 9.71. The molecule has 5 aliphatic rings. The van der Waals surface area contributed by atoms with E-state index < -0.39 is 89.9 Å². The van der Waals surface area contributed by atoms with Crippen LogP contribution >= 0.6 is 0 Å². The third kappa shape index (κ3) is 7.48. The summed E-state index contributed by atoms with van der Waals surface area (Å²) in [4.78, 5) is 64.4. The van der Waals surface area contributed by atoms with E-state index in [1.807, 2.05) is 0 Å². The molecule has 0 aromatic carbocycles. The number of ether oxygens (including phenoxy) is 1. The van der Waals surface area contributed by atoms with Gasteiger partial charge in [-0.1, -0.05) is 19.3 Å². The average Bonchev–Trinajstić information content (AvgIpc) is 3.31. The Morgan fingerprint density at radius 1 is 1.09 bits per heavy atom. The van der Waals surface area contributed by atoms with E-state index in [4.69, 9.17) is 0 Å². The molecule has 0 aromatic rings. The predicted octanol–water partition coefficient (Wildman–Crippen LogP) is 2.67. The number of alkyl halides is 5. The van der Waals surface area contributed by atoms with Gasteiger partial charge < -0.3 is 25.6 Å². The highest BCUT2D eigenvalue weighted by atomic mass is 19.4. The van der Waals surface area contributed by atoms with E-state index in [1.54, 1.807) is 5.32 Å². The third-order valence-corrected chi connectivity index (χ3v) is 8.96. The van der Waals surface area contributed by atoms with Gasteiger partial charge in [0.15, 0.2) is 0 Å². The molecule has 0 radical (unpaired) electrons. The molecule has 10 nitrogen and oxygen atoms in total. The maximum absolute atomic E-state index is 15.2. The number of halogens is 6. The molecule has 4 amide bonds. The van der Waals surface area contributed by atoms with Crippen molar-refractivity contribution in [3.05, 3.63) is 11.9 Å². The Morgan fingerprint density at radius 3 is 2.34 bits per heavy atom. The zero-order valence-corrected chi connectivity index (χ0v) is 24.1. The van der Waals surface area contributed by atoms with Gasteiger partial charge in [-0.25, -0.2) is 13.6 Å². The number of piperidine rings is 2. The predicted molar refractivity (Wildman–Crippen MR) is 140 cm³/mol. The van der Waals surface area contributed by atoms with E-state index in [0.29, 0.717) is 31.9 Å². The van der Waals surface area contributed by atoms with Crippen molar-refractivity contribution in [3.8, 4) is 0 Å². The minimum Gasteiger partial charge on any atom is -0.461 e. The van der Waals surface area contributed by atoms with Crippen molar-refractivity contribution in [1.82, 2.24) is 20.9 Å². The van der Waals surface area contributed by atoms with Crippen LogP contribution in [0.2, 0.25) is 0 Å². The van der Waals surface area contributed by atoms with Gasteiger partial charge in [0.25, 0.3) is 5.92 Å². The molecule has 3 saturated heterocycles. The zero-order chi connectivity index (χ0) is 32.4. The lowest BCUT2D eigenvalue weighted by Crippen LogP contribution is -2.71. The van der Waals surface area contributed by atoms with Crippen LogP contribution in [0, 0.1) is 17.8 Å². The first-order valence-corrected chi connectivity index (χ1v) is 14.8. The number of amides is 4. The van der Waals surface area contributed by atoms with Gasteiger partial charge in [0, 0.05) is 24.9 Å². The molecule has 6 atom stereocenters. The van der Waals surface area contributed by atoms with Crippen LogP contribution in [0.1, 0.15) is 64.7 Å². The van der Waals surface area contributed by atoms with Crippen molar-refractivity contribution in [1.29, 1.82) is 0 Å². The number of hydrogen-bond donors (Lipinski definition) is 3. The van der Waals surface area contributed by atoms with Crippen molar-refractivity contribution in [2.45, 2.75) is 101 Å². The van der Waals surface area contributed by atoms with Gasteiger partial charge in [0.05, 0.1) is 18.6 Å². The van der Waals surface area contributed by atoms with E-state index in [1.165, 1.54) is 6.92 Å². The molecule has 5 fully saturated rings. The van der Waals surface area contributed by atoms with Crippen LogP contribution < -0.4 is 16.0 Å². The molecule has 3 heterocycles. The van der Waals surface area contributed by atoms with Crippen LogP contribution in [-0.4, -0.2) is 83.9 Å². The monoisotopic (exact) mass is 638 g/mol. The summed E-state index contributed by atoms with van der Waals surface area (Å²) in [5, 5.41) is 6.69. The van der Waals surface area contributed by atoms with Crippen molar-refractivity contribution in [2.24, 2.45) is 17.8 Å². The summed E-state index contributed by atoms with van der Waals surface area (Å²) < 4.78 is 89.1. The minimum atomic E-state index is -5.31. The third-order valence-electron chi connectivity index (χ3n) is 8.96. The van der Waals surface area contributed by atoms with Gasteiger partial charge in [0.1, 0.15) is 12.1 Å². The smallest absolute Gasteiger partial charge is 0.461 e. The maximum atomic E-state index is 15.2. The Bertz CT molecular complexity index is 1180. The van der Waals surface area contributed by atoms with Gasteiger partial charge >= 0.3 is 18.1 Å². The molecular formula is C28H36F6N4O6.